The Kier molecular flexibility index (Phi) is 6.07. The predicted molar refractivity (Wildman–Crippen MR) is 115 cm³/mol. The molecule has 1 aromatic heterocycles. The minimum atomic E-state index is -3.88. The number of nitrogens with one attached hydrogen (secondary N) is 1. The summed E-state index contributed by atoms with van der Waals surface area (Å²) < 4.78 is 34.7. The molecule has 0 fully saturated rings. The lowest BCUT2D eigenvalue weighted by Crippen LogP contribution is -2.40. The van der Waals surface area contributed by atoms with E-state index < -0.39 is 22.0 Å². The van der Waals surface area contributed by atoms with E-state index >= 15 is 0 Å². The second-order valence-corrected chi connectivity index (χ2v) is 9.88. The van der Waals surface area contributed by atoms with E-state index in [1.165, 1.54) is 18.3 Å². The van der Waals surface area contributed by atoms with E-state index in [0.717, 1.165) is 21.3 Å². The Morgan fingerprint density at radius 3 is 2.38 bits per heavy atom. The normalized spacial score (nSPS) is 12.9. The minimum absolute atomic E-state index is 0.00581. The van der Waals surface area contributed by atoms with Gasteiger partial charge in [0.15, 0.2) is 0 Å². The van der Waals surface area contributed by atoms with Gasteiger partial charge in [-0.15, -0.1) is 11.3 Å². The van der Waals surface area contributed by atoms with E-state index in [4.69, 9.17) is 4.74 Å². The van der Waals surface area contributed by atoms with Gasteiger partial charge in [0.2, 0.25) is 10.0 Å². The molecule has 8 heteroatoms. The molecule has 1 heterocycles. The van der Waals surface area contributed by atoms with Crippen LogP contribution in [0.5, 0.6) is 0 Å². The zero-order chi connectivity index (χ0) is 21.3. The number of esters is 1. The number of sulfonamides is 1. The molecule has 0 aliphatic heterocycles. The number of hydrogen-bond donors (Lipinski definition) is 1. The molecule has 1 N–H and O–H groups in total. The highest BCUT2D eigenvalue weighted by Gasteiger charge is 2.27. The van der Waals surface area contributed by atoms with Crippen LogP contribution in [0, 0.1) is 27.7 Å². The van der Waals surface area contributed by atoms with E-state index in [1.54, 1.807) is 13.8 Å². The van der Waals surface area contributed by atoms with Gasteiger partial charge in [-0.25, -0.2) is 13.4 Å². The maximum absolute atomic E-state index is 13.0. The number of fused-ring (bicyclic) bond motifs is 1. The van der Waals surface area contributed by atoms with Crippen LogP contribution >= 0.6 is 11.3 Å². The topological polar surface area (TPSA) is 85.4 Å². The summed E-state index contributed by atoms with van der Waals surface area (Å²) >= 11 is 1.44. The molecule has 154 valence electrons. The number of rotatable bonds is 6. The Hall–Kier alpha value is -2.29. The van der Waals surface area contributed by atoms with Crippen molar-refractivity contribution < 1.29 is 17.9 Å². The summed E-state index contributed by atoms with van der Waals surface area (Å²) in [5, 5.41) is 0.663. The van der Waals surface area contributed by atoms with Gasteiger partial charge in [-0.3, -0.25) is 4.79 Å². The average Bonchev–Trinajstić information content (AvgIpc) is 3.07. The van der Waals surface area contributed by atoms with Crippen molar-refractivity contribution in [3.63, 3.8) is 0 Å². The molecule has 0 amide bonds. The first kappa shape index (κ1) is 21.4. The van der Waals surface area contributed by atoms with Gasteiger partial charge < -0.3 is 4.74 Å². The SMILES string of the molecule is Cc1cc(C)c(C)c(S(=O)(=O)N[C@@H](C)C(=O)OCc2nc3ccccc3s2)c1C. The van der Waals surface area contributed by atoms with E-state index in [9.17, 15) is 13.2 Å². The van der Waals surface area contributed by atoms with Gasteiger partial charge >= 0.3 is 5.97 Å². The molecule has 2 aromatic carbocycles. The fraction of sp³-hybridized carbons (Fsp3) is 0.333. The number of nitrogens with zero attached hydrogens (tertiary/aromatic N) is 1. The summed E-state index contributed by atoms with van der Waals surface area (Å²) in [7, 11) is -3.88. The van der Waals surface area contributed by atoms with Crippen molar-refractivity contribution >= 4 is 37.5 Å². The molecule has 0 spiro atoms. The molecule has 3 rings (SSSR count). The summed E-state index contributed by atoms with van der Waals surface area (Å²) in [5.41, 5.74) is 3.98. The third-order valence-corrected chi connectivity index (χ3v) is 7.75. The van der Waals surface area contributed by atoms with Crippen LogP contribution in [0.2, 0.25) is 0 Å². The van der Waals surface area contributed by atoms with Crippen molar-refractivity contribution in [1.29, 1.82) is 0 Å². The number of carbonyl (C=O) groups is 1. The summed E-state index contributed by atoms with van der Waals surface area (Å²) in [4.78, 5) is 17.0. The Bertz CT molecular complexity index is 1120. The Balaban J connectivity index is 1.72. The van der Waals surface area contributed by atoms with Crippen molar-refractivity contribution in [3.8, 4) is 0 Å². The number of aryl methyl sites for hydroxylation is 2. The third-order valence-electron chi connectivity index (χ3n) is 4.93. The molecule has 6 nitrogen and oxygen atoms in total. The largest absolute Gasteiger partial charge is 0.457 e. The van der Waals surface area contributed by atoms with Gasteiger partial charge in [0, 0.05) is 0 Å². The molecule has 0 saturated carbocycles. The van der Waals surface area contributed by atoms with Crippen LogP contribution in [0.3, 0.4) is 0 Å². The highest BCUT2D eigenvalue weighted by molar-refractivity contribution is 7.89. The lowest BCUT2D eigenvalue weighted by Gasteiger charge is -2.18. The monoisotopic (exact) mass is 432 g/mol. The number of ether oxygens (including phenoxy) is 1. The van der Waals surface area contributed by atoms with Crippen molar-refractivity contribution in [1.82, 2.24) is 9.71 Å². The van der Waals surface area contributed by atoms with E-state index in [2.05, 4.69) is 9.71 Å². The third kappa shape index (κ3) is 4.49. The first-order valence-electron chi connectivity index (χ1n) is 9.21. The molecular weight excluding hydrogens is 408 g/mol. The Labute approximate surface area is 175 Å². The fourth-order valence-corrected chi connectivity index (χ4v) is 5.85. The number of hydrogen-bond acceptors (Lipinski definition) is 6. The zero-order valence-corrected chi connectivity index (χ0v) is 18.7. The molecule has 1 atom stereocenters. The van der Waals surface area contributed by atoms with Crippen molar-refractivity contribution in [3.05, 3.63) is 57.6 Å². The Morgan fingerprint density at radius 2 is 1.76 bits per heavy atom. The molecule has 29 heavy (non-hydrogen) atoms. The maximum atomic E-state index is 13.0. The highest BCUT2D eigenvalue weighted by atomic mass is 32.2. The van der Waals surface area contributed by atoms with Gasteiger partial charge in [0.25, 0.3) is 0 Å². The van der Waals surface area contributed by atoms with Crippen LogP contribution in [0.1, 0.15) is 34.2 Å². The number of aromatic nitrogens is 1. The Morgan fingerprint density at radius 1 is 1.14 bits per heavy atom. The van der Waals surface area contributed by atoms with Crippen LogP contribution in [0.4, 0.5) is 0 Å². The molecule has 0 saturated heterocycles. The summed E-state index contributed by atoms with van der Waals surface area (Å²) in [6.45, 7) is 8.77. The fourth-order valence-electron chi connectivity index (χ4n) is 3.16. The van der Waals surface area contributed by atoms with Crippen molar-refractivity contribution in [2.24, 2.45) is 0 Å². The van der Waals surface area contributed by atoms with E-state index in [-0.39, 0.29) is 11.5 Å². The van der Waals surface area contributed by atoms with Crippen LogP contribution in [0.15, 0.2) is 35.2 Å². The molecule has 0 aliphatic carbocycles. The lowest BCUT2D eigenvalue weighted by atomic mass is 10.0. The van der Waals surface area contributed by atoms with E-state index in [1.807, 2.05) is 44.2 Å². The standard InChI is InChI=1S/C21H24N2O4S2/c1-12-10-13(2)15(4)20(14(12)3)29(25,26)23-16(5)21(24)27-11-19-22-17-8-6-7-9-18(17)28-19/h6-10,16,23H,11H2,1-5H3/t16-/m0/s1. The van der Waals surface area contributed by atoms with Crippen LogP contribution in [-0.4, -0.2) is 25.4 Å². The van der Waals surface area contributed by atoms with Gasteiger partial charge in [-0.1, -0.05) is 18.2 Å². The molecule has 0 unspecified atom stereocenters. The quantitative estimate of drug-likeness (QED) is 0.596. The second kappa shape index (κ2) is 8.22. The first-order valence-corrected chi connectivity index (χ1v) is 11.5. The van der Waals surface area contributed by atoms with Crippen LogP contribution < -0.4 is 4.72 Å². The maximum Gasteiger partial charge on any atom is 0.324 e. The smallest absolute Gasteiger partial charge is 0.324 e. The average molecular weight is 433 g/mol. The number of carbonyl (C=O) groups excluding carboxylic acids is 1. The molecule has 3 aromatic rings. The summed E-state index contributed by atoms with van der Waals surface area (Å²) in [5.74, 6) is -0.646. The van der Waals surface area contributed by atoms with Gasteiger partial charge in [0.1, 0.15) is 17.7 Å². The molecular formula is C21H24N2O4S2. The lowest BCUT2D eigenvalue weighted by molar-refractivity contribution is -0.146. The molecule has 0 radical (unpaired) electrons. The second-order valence-electron chi connectivity index (χ2n) is 7.12. The van der Waals surface area contributed by atoms with Crippen LogP contribution in [-0.2, 0) is 26.2 Å². The number of benzene rings is 2. The molecule has 0 aliphatic rings. The summed E-state index contributed by atoms with van der Waals surface area (Å²) in [6.07, 6.45) is 0. The van der Waals surface area contributed by atoms with Gasteiger partial charge in [-0.05, 0) is 69.0 Å². The number of thiazole rings is 1. The molecule has 0 bridgehead atoms. The van der Waals surface area contributed by atoms with Gasteiger partial charge in [0.05, 0.1) is 15.1 Å². The zero-order valence-electron chi connectivity index (χ0n) is 17.1. The number of para-hydroxylation sites is 1. The van der Waals surface area contributed by atoms with Gasteiger partial charge in [-0.2, -0.15) is 4.72 Å². The minimum Gasteiger partial charge on any atom is -0.457 e. The van der Waals surface area contributed by atoms with Crippen molar-refractivity contribution in [2.45, 2.75) is 52.2 Å². The van der Waals surface area contributed by atoms with Crippen molar-refractivity contribution in [2.75, 3.05) is 0 Å². The van der Waals surface area contributed by atoms with E-state index in [0.29, 0.717) is 16.1 Å². The highest BCUT2D eigenvalue weighted by Crippen LogP contribution is 2.26. The van der Waals surface area contributed by atoms with Crippen LogP contribution in [0.25, 0.3) is 10.2 Å². The summed E-state index contributed by atoms with van der Waals surface area (Å²) in [6, 6.07) is 8.59. The predicted octanol–water partition coefficient (Wildman–Crippen LogP) is 3.94. The first-order chi connectivity index (χ1) is 13.6.